The SMILES string of the molecule is C[C@@H](c1ccc2ccccc2c1)[C@@H]1NC1C(=O)c1ccc2c(c1)CCCN2Cc1cc(-c2ccccc2C(=[OH+])[OH2+])ccc1F. The van der Waals surface area contributed by atoms with Crippen molar-refractivity contribution in [2.45, 2.75) is 44.3 Å². The van der Waals surface area contributed by atoms with E-state index in [0.29, 0.717) is 28.8 Å². The molecular formula is C38H35FN2O3+2. The Bertz CT molecular complexity index is 1920. The van der Waals surface area contributed by atoms with E-state index >= 15 is 4.39 Å². The van der Waals surface area contributed by atoms with Crippen LogP contribution in [-0.2, 0) is 13.0 Å². The zero-order valence-corrected chi connectivity index (χ0v) is 24.6. The summed E-state index contributed by atoms with van der Waals surface area (Å²) in [6.45, 7) is 3.35. The molecule has 0 spiro atoms. The lowest BCUT2D eigenvalue weighted by atomic mass is 9.91. The molecular weight excluding hydrogens is 551 g/mol. The van der Waals surface area contributed by atoms with Crippen molar-refractivity contribution in [2.24, 2.45) is 0 Å². The molecule has 2 aliphatic rings. The summed E-state index contributed by atoms with van der Waals surface area (Å²) < 4.78 is 15.1. The van der Waals surface area contributed by atoms with Crippen molar-refractivity contribution in [1.82, 2.24) is 5.32 Å². The van der Waals surface area contributed by atoms with E-state index in [9.17, 15) is 9.59 Å². The zero-order valence-electron chi connectivity index (χ0n) is 24.6. The van der Waals surface area contributed by atoms with Gasteiger partial charge in [0.25, 0.3) is 0 Å². The molecule has 5 aromatic carbocycles. The van der Waals surface area contributed by atoms with Crippen molar-refractivity contribution in [3.63, 3.8) is 0 Å². The summed E-state index contributed by atoms with van der Waals surface area (Å²) in [4.78, 5) is 25.6. The van der Waals surface area contributed by atoms with Crippen molar-refractivity contribution in [1.29, 1.82) is 0 Å². The van der Waals surface area contributed by atoms with E-state index in [1.54, 1.807) is 24.3 Å². The molecule has 44 heavy (non-hydrogen) atoms. The molecule has 2 heterocycles. The zero-order chi connectivity index (χ0) is 30.4. The Hall–Kier alpha value is -4.81. The second kappa shape index (κ2) is 11.4. The highest BCUT2D eigenvalue weighted by atomic mass is 19.1. The Morgan fingerprint density at radius 2 is 1.77 bits per heavy atom. The number of carbonyl (C=O) groups excluding carboxylic acids is 2. The summed E-state index contributed by atoms with van der Waals surface area (Å²) in [5.41, 5.74) is 6.47. The second-order valence-corrected chi connectivity index (χ2v) is 12.0. The maximum absolute atomic E-state index is 15.1. The summed E-state index contributed by atoms with van der Waals surface area (Å²) in [6, 6.07) is 32.8. The van der Waals surface area contributed by atoms with E-state index in [1.165, 1.54) is 22.4 Å². The molecule has 0 aliphatic carbocycles. The van der Waals surface area contributed by atoms with Gasteiger partial charge in [-0.05, 0) is 82.6 Å². The fourth-order valence-electron chi connectivity index (χ4n) is 6.70. The van der Waals surface area contributed by atoms with E-state index in [1.807, 2.05) is 36.4 Å². The largest absolute Gasteiger partial charge is 0.658 e. The van der Waals surface area contributed by atoms with Crippen molar-refractivity contribution in [3.8, 4) is 11.1 Å². The van der Waals surface area contributed by atoms with E-state index in [2.05, 4.69) is 53.5 Å². The average molecular weight is 587 g/mol. The first-order chi connectivity index (χ1) is 21.4. The molecule has 5 aromatic rings. The van der Waals surface area contributed by atoms with Gasteiger partial charge in [-0.15, -0.1) is 0 Å². The van der Waals surface area contributed by atoms with E-state index in [-0.39, 0.29) is 29.6 Å². The minimum absolute atomic E-state index is 0.103. The lowest BCUT2D eigenvalue weighted by molar-refractivity contribution is 0.0987. The van der Waals surface area contributed by atoms with Crippen LogP contribution < -0.4 is 10.2 Å². The van der Waals surface area contributed by atoms with Crippen LogP contribution in [0.3, 0.4) is 0 Å². The summed E-state index contributed by atoms with van der Waals surface area (Å²) in [5, 5.41) is 13.6. The standard InChI is InChI=1S/C38H33FN2O3/c1-23(25-13-12-24-7-2-3-8-26(24)19-25)35-36(40-35)37(42)29-15-17-34-28(21-29)9-6-18-41(34)22-30-20-27(14-16-33(30)39)31-10-4-5-11-32(31)38(43)44/h2-5,7-8,10-17,19-21,23,35-36,40H,6,9,18,22H2,1H3,(H,43,44)/p+2/t23-,35-,36?/m0/s1. The quantitative estimate of drug-likeness (QED) is 0.128. The van der Waals surface area contributed by atoms with Crippen molar-refractivity contribution in [2.75, 3.05) is 11.4 Å². The molecule has 0 saturated carbocycles. The maximum atomic E-state index is 15.1. The van der Waals surface area contributed by atoms with Crippen LogP contribution in [0.1, 0.15) is 51.9 Å². The molecule has 2 aliphatic heterocycles. The van der Waals surface area contributed by atoms with Gasteiger partial charge in [-0.2, -0.15) is 4.79 Å². The first-order valence-electron chi connectivity index (χ1n) is 15.2. The van der Waals surface area contributed by atoms with Crippen LogP contribution in [0.5, 0.6) is 0 Å². The predicted molar refractivity (Wildman–Crippen MR) is 175 cm³/mol. The fraction of sp³-hybridized carbons (Fsp3) is 0.211. The number of anilines is 1. The number of hydrogen-bond acceptors (Lipinski definition) is 3. The Balaban J connectivity index is 1.08. The lowest BCUT2D eigenvalue weighted by Crippen LogP contribution is -2.29. The van der Waals surface area contributed by atoms with Crippen LogP contribution >= 0.6 is 0 Å². The van der Waals surface area contributed by atoms with Crippen LogP contribution in [0.15, 0.2) is 103 Å². The molecule has 0 bridgehead atoms. The summed E-state index contributed by atoms with van der Waals surface area (Å²) in [6.07, 6.45) is 1.79. The number of hydrogen-bond donors (Lipinski definition) is 1. The topological polar surface area (TPSA) is 86.6 Å². The summed E-state index contributed by atoms with van der Waals surface area (Å²) in [7, 11) is 0. The number of aryl methyl sites for hydroxylation is 1. The Kier molecular flexibility index (Phi) is 7.23. The number of benzene rings is 5. The van der Waals surface area contributed by atoms with E-state index in [4.69, 9.17) is 5.11 Å². The van der Waals surface area contributed by atoms with Gasteiger partial charge in [-0.25, -0.2) is 4.39 Å². The lowest BCUT2D eigenvalue weighted by Gasteiger charge is -2.32. The number of fused-ring (bicyclic) bond motifs is 2. The number of Topliss-reactive ketones (excluding diaryl/α,β-unsaturated/α-hetero) is 1. The van der Waals surface area contributed by atoms with Gasteiger partial charge in [-0.3, -0.25) is 4.79 Å². The molecule has 1 fully saturated rings. The van der Waals surface area contributed by atoms with E-state index < -0.39 is 5.97 Å². The smallest absolute Gasteiger partial charge is 0.520 e. The molecule has 3 atom stereocenters. The summed E-state index contributed by atoms with van der Waals surface area (Å²) in [5.74, 6) is -0.482. The highest BCUT2D eigenvalue weighted by Gasteiger charge is 2.46. The monoisotopic (exact) mass is 586 g/mol. The van der Waals surface area contributed by atoms with Crippen LogP contribution in [0.4, 0.5) is 10.1 Å². The molecule has 7 rings (SSSR count). The molecule has 1 unspecified atom stereocenters. The number of nitrogens with one attached hydrogen (secondary N) is 1. The normalized spacial score (nSPS) is 18.1. The van der Waals surface area contributed by atoms with Crippen molar-refractivity contribution in [3.05, 3.63) is 137 Å². The average Bonchev–Trinajstić information content (AvgIpc) is 3.86. The molecule has 4 N–H and O–H groups in total. The van der Waals surface area contributed by atoms with Crippen molar-refractivity contribution >= 4 is 28.2 Å². The predicted octanol–water partition coefficient (Wildman–Crippen LogP) is 6.50. The third-order valence-corrected chi connectivity index (χ3v) is 9.22. The van der Waals surface area contributed by atoms with Gasteiger partial charge < -0.3 is 15.3 Å². The third kappa shape index (κ3) is 5.26. The molecule has 0 amide bonds. The number of halogens is 1. The molecule has 0 aromatic heterocycles. The van der Waals surface area contributed by atoms with Crippen LogP contribution in [0, 0.1) is 5.82 Å². The van der Waals surface area contributed by atoms with Gasteiger partial charge >= 0.3 is 5.97 Å². The maximum Gasteiger partial charge on any atom is 0.658 e. The van der Waals surface area contributed by atoms with Gasteiger partial charge in [0.05, 0.1) is 6.04 Å². The highest BCUT2D eigenvalue weighted by Crippen LogP contribution is 2.35. The third-order valence-electron chi connectivity index (χ3n) is 9.22. The number of rotatable bonds is 8. The first-order valence-corrected chi connectivity index (χ1v) is 15.2. The molecule has 0 radical (unpaired) electrons. The first kappa shape index (κ1) is 28.0. The van der Waals surface area contributed by atoms with Gasteiger partial charge in [0, 0.05) is 41.5 Å². The number of nitrogens with zero attached hydrogens (tertiary/aromatic N) is 1. The van der Waals surface area contributed by atoms with Crippen molar-refractivity contribution < 1.29 is 19.1 Å². The van der Waals surface area contributed by atoms with Crippen LogP contribution in [0.2, 0.25) is 0 Å². The molecule has 1 saturated heterocycles. The van der Waals surface area contributed by atoms with Gasteiger partial charge in [0.15, 0.2) is 11.3 Å². The van der Waals surface area contributed by atoms with E-state index in [0.717, 1.165) is 36.2 Å². The molecule has 6 heteroatoms. The number of ketones is 1. The van der Waals surface area contributed by atoms with Gasteiger partial charge in [-0.1, -0.05) is 73.7 Å². The minimum atomic E-state index is -0.516. The molecule has 5 nitrogen and oxygen atoms in total. The fourth-order valence-corrected chi connectivity index (χ4v) is 6.70. The van der Waals surface area contributed by atoms with Crippen LogP contribution in [0.25, 0.3) is 21.9 Å². The highest BCUT2D eigenvalue weighted by molar-refractivity contribution is 6.03. The Morgan fingerprint density at radius 3 is 2.61 bits per heavy atom. The Labute approximate surface area is 256 Å². The number of carbonyl (C=O) groups is 1. The minimum Gasteiger partial charge on any atom is -0.520 e. The van der Waals surface area contributed by atoms with Gasteiger partial charge in [0.1, 0.15) is 5.82 Å². The summed E-state index contributed by atoms with van der Waals surface area (Å²) >= 11 is 0. The Morgan fingerprint density at radius 1 is 0.977 bits per heavy atom. The second-order valence-electron chi connectivity index (χ2n) is 12.0. The van der Waals surface area contributed by atoms with Crippen LogP contribution in [-0.4, -0.2) is 40.3 Å². The molecule has 220 valence electrons. The van der Waals surface area contributed by atoms with Gasteiger partial charge in [0.2, 0.25) is 0 Å².